The third-order valence-electron chi connectivity index (χ3n) is 4.26. The Hall–Kier alpha value is -2.39. The molecule has 3 aromatic carbocycles. The molecule has 124 valence electrons. The summed E-state index contributed by atoms with van der Waals surface area (Å²) in [5.74, 6) is -0.189. The van der Waals surface area contributed by atoms with Gasteiger partial charge in [-0.25, -0.2) is 5.48 Å². The SMILES string of the molecule is CCCCCCONC(=O)c1cccc2cc3ccccc3cc12. The van der Waals surface area contributed by atoms with E-state index in [2.05, 4.69) is 36.7 Å². The average molecular weight is 321 g/mol. The second-order valence-corrected chi connectivity index (χ2v) is 6.07. The Morgan fingerprint density at radius 2 is 1.67 bits per heavy atom. The van der Waals surface area contributed by atoms with Crippen LogP contribution in [0.2, 0.25) is 0 Å². The van der Waals surface area contributed by atoms with Gasteiger partial charge in [0.2, 0.25) is 0 Å². The van der Waals surface area contributed by atoms with Crippen molar-refractivity contribution in [1.29, 1.82) is 0 Å². The lowest BCUT2D eigenvalue weighted by Crippen LogP contribution is -2.24. The number of unbranched alkanes of at least 4 members (excludes halogenated alkanes) is 3. The molecular formula is C21H23NO2. The van der Waals surface area contributed by atoms with Crippen molar-refractivity contribution in [2.24, 2.45) is 0 Å². The largest absolute Gasteiger partial charge is 0.275 e. The number of amides is 1. The predicted molar refractivity (Wildman–Crippen MR) is 99.0 cm³/mol. The Bertz CT molecular complexity index is 841. The zero-order valence-corrected chi connectivity index (χ0v) is 14.0. The number of nitrogens with one attached hydrogen (secondary N) is 1. The van der Waals surface area contributed by atoms with Crippen LogP contribution in [0.1, 0.15) is 43.0 Å². The van der Waals surface area contributed by atoms with Gasteiger partial charge in [-0.3, -0.25) is 9.63 Å². The van der Waals surface area contributed by atoms with E-state index in [9.17, 15) is 4.79 Å². The van der Waals surface area contributed by atoms with E-state index in [1.165, 1.54) is 18.2 Å². The highest BCUT2D eigenvalue weighted by molar-refractivity contribution is 6.10. The molecule has 0 bridgehead atoms. The molecule has 0 aliphatic heterocycles. The molecule has 0 radical (unpaired) electrons. The molecule has 0 unspecified atom stereocenters. The van der Waals surface area contributed by atoms with E-state index < -0.39 is 0 Å². The Morgan fingerprint density at radius 1 is 0.917 bits per heavy atom. The van der Waals surface area contributed by atoms with Gasteiger partial charge in [-0.05, 0) is 46.2 Å². The van der Waals surface area contributed by atoms with Crippen LogP contribution < -0.4 is 5.48 Å². The number of benzene rings is 3. The summed E-state index contributed by atoms with van der Waals surface area (Å²) < 4.78 is 0. The molecule has 24 heavy (non-hydrogen) atoms. The van der Waals surface area contributed by atoms with Crippen LogP contribution >= 0.6 is 0 Å². The van der Waals surface area contributed by atoms with E-state index in [1.54, 1.807) is 0 Å². The van der Waals surface area contributed by atoms with Crippen molar-refractivity contribution in [3.8, 4) is 0 Å². The van der Waals surface area contributed by atoms with Crippen molar-refractivity contribution >= 4 is 27.5 Å². The average Bonchev–Trinajstić information content (AvgIpc) is 2.62. The molecule has 3 nitrogen and oxygen atoms in total. The molecular weight excluding hydrogens is 298 g/mol. The molecule has 1 N–H and O–H groups in total. The van der Waals surface area contributed by atoms with Crippen LogP contribution in [0.3, 0.4) is 0 Å². The van der Waals surface area contributed by atoms with E-state index in [0.29, 0.717) is 12.2 Å². The molecule has 0 fully saturated rings. The van der Waals surface area contributed by atoms with Gasteiger partial charge in [-0.2, -0.15) is 0 Å². The lowest BCUT2D eigenvalue weighted by molar-refractivity contribution is 0.0299. The highest BCUT2D eigenvalue weighted by Crippen LogP contribution is 2.25. The fraction of sp³-hybridized carbons (Fsp3) is 0.286. The van der Waals surface area contributed by atoms with Gasteiger partial charge in [0.05, 0.1) is 6.61 Å². The first kappa shape index (κ1) is 16.5. The summed E-state index contributed by atoms with van der Waals surface area (Å²) in [7, 11) is 0. The molecule has 0 aromatic heterocycles. The molecule has 0 aliphatic carbocycles. The smallest absolute Gasteiger partial charge is 0.273 e. The molecule has 3 aromatic rings. The fourth-order valence-electron chi connectivity index (χ4n) is 2.94. The lowest BCUT2D eigenvalue weighted by Gasteiger charge is -2.09. The maximum Gasteiger partial charge on any atom is 0.275 e. The highest BCUT2D eigenvalue weighted by Gasteiger charge is 2.10. The molecule has 0 atom stereocenters. The normalized spacial score (nSPS) is 11.0. The van der Waals surface area contributed by atoms with Gasteiger partial charge < -0.3 is 0 Å². The monoisotopic (exact) mass is 321 g/mol. The maximum absolute atomic E-state index is 12.4. The van der Waals surface area contributed by atoms with Crippen LogP contribution in [-0.2, 0) is 4.84 Å². The minimum atomic E-state index is -0.189. The van der Waals surface area contributed by atoms with Crippen molar-refractivity contribution in [2.45, 2.75) is 32.6 Å². The zero-order chi connectivity index (χ0) is 16.8. The van der Waals surface area contributed by atoms with Gasteiger partial charge in [0.15, 0.2) is 0 Å². The van der Waals surface area contributed by atoms with Crippen LogP contribution in [0.4, 0.5) is 0 Å². The molecule has 0 heterocycles. The van der Waals surface area contributed by atoms with Gasteiger partial charge >= 0.3 is 0 Å². The minimum absolute atomic E-state index is 0.189. The Morgan fingerprint density at radius 3 is 2.46 bits per heavy atom. The van der Waals surface area contributed by atoms with Crippen molar-refractivity contribution in [2.75, 3.05) is 6.61 Å². The lowest BCUT2D eigenvalue weighted by atomic mass is 9.99. The third kappa shape index (κ3) is 3.74. The third-order valence-corrected chi connectivity index (χ3v) is 4.26. The second-order valence-electron chi connectivity index (χ2n) is 6.07. The van der Waals surface area contributed by atoms with E-state index in [-0.39, 0.29) is 5.91 Å². The molecule has 0 aliphatic rings. The minimum Gasteiger partial charge on any atom is -0.273 e. The van der Waals surface area contributed by atoms with E-state index in [1.807, 2.05) is 30.3 Å². The van der Waals surface area contributed by atoms with Crippen LogP contribution in [0.25, 0.3) is 21.5 Å². The summed E-state index contributed by atoms with van der Waals surface area (Å²) in [6, 6.07) is 18.2. The molecule has 0 saturated carbocycles. The first-order chi connectivity index (χ1) is 11.8. The number of fused-ring (bicyclic) bond motifs is 2. The molecule has 0 spiro atoms. The number of hydroxylamine groups is 1. The van der Waals surface area contributed by atoms with Gasteiger partial charge in [-0.15, -0.1) is 0 Å². The van der Waals surface area contributed by atoms with E-state index >= 15 is 0 Å². The summed E-state index contributed by atoms with van der Waals surface area (Å²) in [6.07, 6.45) is 4.49. The van der Waals surface area contributed by atoms with Gasteiger partial charge in [0.1, 0.15) is 0 Å². The van der Waals surface area contributed by atoms with Gasteiger partial charge in [-0.1, -0.05) is 62.6 Å². The van der Waals surface area contributed by atoms with Crippen LogP contribution in [0, 0.1) is 0 Å². The van der Waals surface area contributed by atoms with Crippen molar-refractivity contribution in [3.05, 3.63) is 60.2 Å². The number of hydrogen-bond acceptors (Lipinski definition) is 2. The Labute approximate surface area is 142 Å². The van der Waals surface area contributed by atoms with E-state index in [4.69, 9.17) is 4.84 Å². The predicted octanol–water partition coefficient (Wildman–Crippen LogP) is 5.23. The topological polar surface area (TPSA) is 38.3 Å². The van der Waals surface area contributed by atoms with Crippen LogP contribution in [0.5, 0.6) is 0 Å². The van der Waals surface area contributed by atoms with Crippen molar-refractivity contribution in [1.82, 2.24) is 5.48 Å². The maximum atomic E-state index is 12.4. The van der Waals surface area contributed by atoms with Gasteiger partial charge in [0, 0.05) is 5.56 Å². The van der Waals surface area contributed by atoms with Crippen LogP contribution in [-0.4, -0.2) is 12.5 Å². The first-order valence-corrected chi connectivity index (χ1v) is 8.63. The van der Waals surface area contributed by atoms with Gasteiger partial charge in [0.25, 0.3) is 5.91 Å². The van der Waals surface area contributed by atoms with E-state index in [0.717, 1.165) is 29.0 Å². The second kappa shape index (κ2) is 7.93. The molecule has 3 heteroatoms. The summed E-state index contributed by atoms with van der Waals surface area (Å²) in [5.41, 5.74) is 3.22. The number of hydrogen-bond donors (Lipinski definition) is 1. The van der Waals surface area contributed by atoms with Crippen LogP contribution in [0.15, 0.2) is 54.6 Å². The molecule has 0 saturated heterocycles. The number of carbonyl (C=O) groups excluding carboxylic acids is 1. The number of carbonyl (C=O) groups is 1. The summed E-state index contributed by atoms with van der Waals surface area (Å²) in [6.45, 7) is 2.73. The first-order valence-electron chi connectivity index (χ1n) is 8.63. The molecule has 1 amide bonds. The fourth-order valence-corrected chi connectivity index (χ4v) is 2.94. The Balaban J connectivity index is 1.76. The summed E-state index contributed by atoms with van der Waals surface area (Å²) in [5, 5.41) is 4.31. The highest BCUT2D eigenvalue weighted by atomic mass is 16.6. The summed E-state index contributed by atoms with van der Waals surface area (Å²) >= 11 is 0. The Kier molecular flexibility index (Phi) is 5.44. The van der Waals surface area contributed by atoms with Crippen molar-refractivity contribution < 1.29 is 9.63 Å². The quantitative estimate of drug-likeness (QED) is 0.367. The summed E-state index contributed by atoms with van der Waals surface area (Å²) in [4.78, 5) is 17.8. The number of rotatable bonds is 7. The standard InChI is InChI=1S/C21H23NO2/c1-2-3-4-7-13-24-22-21(23)19-12-8-11-18-14-16-9-5-6-10-17(16)15-20(18)19/h5-6,8-12,14-15H,2-4,7,13H2,1H3,(H,22,23). The zero-order valence-electron chi connectivity index (χ0n) is 14.0. The van der Waals surface area contributed by atoms with Crippen molar-refractivity contribution in [3.63, 3.8) is 0 Å². The molecule has 3 rings (SSSR count).